The molecule has 0 unspecified atom stereocenters. The zero-order valence-electron chi connectivity index (χ0n) is 12.7. The van der Waals surface area contributed by atoms with Crippen molar-refractivity contribution in [1.82, 2.24) is 5.32 Å². The minimum absolute atomic E-state index is 0.00762. The van der Waals surface area contributed by atoms with Crippen molar-refractivity contribution in [2.75, 3.05) is 18.9 Å². The van der Waals surface area contributed by atoms with Gasteiger partial charge in [-0.25, -0.2) is 0 Å². The van der Waals surface area contributed by atoms with Crippen LogP contribution in [-0.4, -0.2) is 19.5 Å². The van der Waals surface area contributed by atoms with E-state index in [0.29, 0.717) is 6.54 Å². The summed E-state index contributed by atoms with van der Waals surface area (Å²) in [4.78, 5) is 12.0. The van der Waals surface area contributed by atoms with Crippen LogP contribution in [-0.2, 0) is 6.18 Å². The Morgan fingerprint density at radius 2 is 1.86 bits per heavy atom. The molecule has 2 N–H and O–H groups in total. The van der Waals surface area contributed by atoms with Crippen LogP contribution in [0, 0.1) is 5.41 Å². The Labute approximate surface area is 122 Å². The van der Waals surface area contributed by atoms with E-state index in [0.717, 1.165) is 12.5 Å². The van der Waals surface area contributed by atoms with Crippen molar-refractivity contribution >= 4 is 11.6 Å². The van der Waals surface area contributed by atoms with Crippen LogP contribution in [0.4, 0.5) is 18.9 Å². The number of hydrogen-bond acceptors (Lipinski definition) is 2. The molecule has 0 aliphatic carbocycles. The lowest BCUT2D eigenvalue weighted by Crippen LogP contribution is -2.33. The number of anilines is 1. The maximum atomic E-state index is 12.9. The summed E-state index contributed by atoms with van der Waals surface area (Å²) in [5.74, 6) is -0.496. The van der Waals surface area contributed by atoms with E-state index in [9.17, 15) is 18.0 Å². The summed E-state index contributed by atoms with van der Waals surface area (Å²) in [6.07, 6.45) is -3.64. The third-order valence-corrected chi connectivity index (χ3v) is 3.54. The van der Waals surface area contributed by atoms with Gasteiger partial charge in [0.1, 0.15) is 0 Å². The van der Waals surface area contributed by atoms with Gasteiger partial charge in [-0.1, -0.05) is 20.8 Å². The Morgan fingerprint density at radius 3 is 2.33 bits per heavy atom. The lowest BCUT2D eigenvalue weighted by atomic mass is 9.90. The van der Waals surface area contributed by atoms with Crippen LogP contribution >= 0.6 is 0 Å². The summed E-state index contributed by atoms with van der Waals surface area (Å²) in [5, 5.41) is 5.16. The van der Waals surface area contributed by atoms with E-state index in [2.05, 4.69) is 10.6 Å². The maximum Gasteiger partial charge on any atom is 0.418 e. The van der Waals surface area contributed by atoms with Gasteiger partial charge in [0, 0.05) is 24.8 Å². The molecule has 1 rings (SSSR count). The lowest BCUT2D eigenvalue weighted by molar-refractivity contribution is -0.136. The first kappa shape index (κ1) is 17.3. The number of benzene rings is 1. The van der Waals surface area contributed by atoms with Gasteiger partial charge in [-0.3, -0.25) is 4.79 Å². The highest BCUT2D eigenvalue weighted by Crippen LogP contribution is 2.35. The Bertz CT molecular complexity index is 510. The van der Waals surface area contributed by atoms with Gasteiger partial charge in [0.05, 0.1) is 5.56 Å². The fourth-order valence-electron chi connectivity index (χ4n) is 1.68. The minimum atomic E-state index is -4.50. The minimum Gasteiger partial charge on any atom is -0.388 e. The van der Waals surface area contributed by atoms with Crippen LogP contribution in [0.25, 0.3) is 0 Å². The van der Waals surface area contributed by atoms with Gasteiger partial charge in [0.15, 0.2) is 0 Å². The van der Waals surface area contributed by atoms with Crippen molar-refractivity contribution in [3.8, 4) is 0 Å². The molecule has 0 aliphatic heterocycles. The number of rotatable bonds is 5. The zero-order valence-corrected chi connectivity index (χ0v) is 12.7. The average molecular weight is 302 g/mol. The molecule has 1 aromatic carbocycles. The molecule has 21 heavy (non-hydrogen) atoms. The number of hydrogen-bond donors (Lipinski definition) is 2. The van der Waals surface area contributed by atoms with Crippen LogP contribution < -0.4 is 10.6 Å². The smallest absolute Gasteiger partial charge is 0.388 e. The number of carbonyl (C=O) groups excluding carboxylic acids is 1. The van der Waals surface area contributed by atoms with E-state index in [4.69, 9.17) is 0 Å². The second-order valence-corrected chi connectivity index (χ2v) is 5.71. The molecule has 3 nitrogen and oxygen atoms in total. The van der Waals surface area contributed by atoms with Gasteiger partial charge >= 0.3 is 6.18 Å². The van der Waals surface area contributed by atoms with E-state index < -0.39 is 17.6 Å². The largest absolute Gasteiger partial charge is 0.418 e. The van der Waals surface area contributed by atoms with Gasteiger partial charge in [-0.2, -0.15) is 13.2 Å². The molecule has 0 radical (unpaired) electrons. The van der Waals surface area contributed by atoms with Crippen LogP contribution in [0.2, 0.25) is 0 Å². The Balaban J connectivity index is 2.96. The first-order valence-corrected chi connectivity index (χ1v) is 6.78. The van der Waals surface area contributed by atoms with Gasteiger partial charge in [-0.15, -0.1) is 0 Å². The number of alkyl halides is 3. The van der Waals surface area contributed by atoms with Crippen molar-refractivity contribution in [2.24, 2.45) is 5.41 Å². The highest BCUT2D eigenvalue weighted by molar-refractivity contribution is 5.95. The molecule has 1 aromatic rings. The average Bonchev–Trinajstić information content (AvgIpc) is 2.43. The van der Waals surface area contributed by atoms with Crippen LogP contribution in [0.1, 0.15) is 43.1 Å². The van der Waals surface area contributed by atoms with Crippen LogP contribution in [0.5, 0.6) is 0 Å². The normalized spacial score (nSPS) is 12.1. The summed E-state index contributed by atoms with van der Waals surface area (Å²) in [6, 6.07) is 3.53. The molecule has 0 aromatic heterocycles. The van der Waals surface area contributed by atoms with Crippen molar-refractivity contribution in [3.05, 3.63) is 29.3 Å². The molecule has 1 amide bonds. The SMILES string of the molecule is CCC(C)(C)CNC(=O)c1ccc(NC)c(C(F)(F)F)c1. The second kappa shape index (κ2) is 6.37. The molecule has 0 atom stereocenters. The standard InChI is InChI=1S/C15H21F3N2O/c1-5-14(2,3)9-20-13(21)10-6-7-12(19-4)11(8-10)15(16,17)18/h6-8,19H,5,9H2,1-4H3,(H,20,21). The maximum absolute atomic E-state index is 12.9. The predicted octanol–water partition coefficient (Wildman–Crippen LogP) is 3.91. The summed E-state index contributed by atoms with van der Waals surface area (Å²) in [6.45, 7) is 6.38. The highest BCUT2D eigenvalue weighted by atomic mass is 19.4. The topological polar surface area (TPSA) is 41.1 Å². The summed E-state index contributed by atoms with van der Waals surface area (Å²) >= 11 is 0. The zero-order chi connectivity index (χ0) is 16.3. The third kappa shape index (κ3) is 4.65. The van der Waals surface area contributed by atoms with E-state index in [1.165, 1.54) is 19.2 Å². The van der Waals surface area contributed by atoms with Crippen molar-refractivity contribution < 1.29 is 18.0 Å². The number of halogens is 3. The summed E-state index contributed by atoms with van der Waals surface area (Å²) in [7, 11) is 1.41. The molecule has 118 valence electrons. The number of amides is 1. The quantitative estimate of drug-likeness (QED) is 0.865. The molecule has 0 fully saturated rings. The van der Waals surface area contributed by atoms with E-state index in [1.54, 1.807) is 0 Å². The molecule has 0 heterocycles. The summed E-state index contributed by atoms with van der Waals surface area (Å²) in [5.41, 5.74) is -0.971. The monoisotopic (exact) mass is 302 g/mol. The van der Waals surface area contributed by atoms with Gasteiger partial charge in [0.25, 0.3) is 5.91 Å². The predicted molar refractivity (Wildman–Crippen MR) is 77.4 cm³/mol. The van der Waals surface area contributed by atoms with Gasteiger partial charge in [0.2, 0.25) is 0 Å². The van der Waals surface area contributed by atoms with Crippen LogP contribution in [0.3, 0.4) is 0 Å². The molecule has 0 saturated heterocycles. The number of carbonyl (C=O) groups is 1. The van der Waals surface area contributed by atoms with Crippen molar-refractivity contribution in [1.29, 1.82) is 0 Å². The highest BCUT2D eigenvalue weighted by Gasteiger charge is 2.34. The Hall–Kier alpha value is -1.72. The van der Waals surface area contributed by atoms with E-state index in [-0.39, 0.29) is 16.7 Å². The molecule has 0 bridgehead atoms. The molecule has 0 spiro atoms. The van der Waals surface area contributed by atoms with Crippen molar-refractivity contribution in [2.45, 2.75) is 33.4 Å². The Morgan fingerprint density at radius 1 is 1.24 bits per heavy atom. The molecular weight excluding hydrogens is 281 g/mol. The third-order valence-electron chi connectivity index (χ3n) is 3.54. The van der Waals surface area contributed by atoms with Gasteiger partial charge < -0.3 is 10.6 Å². The fraction of sp³-hybridized carbons (Fsp3) is 0.533. The molecular formula is C15H21F3N2O. The lowest BCUT2D eigenvalue weighted by Gasteiger charge is -2.23. The second-order valence-electron chi connectivity index (χ2n) is 5.71. The Kier molecular flexibility index (Phi) is 5.25. The van der Waals surface area contributed by atoms with Crippen LogP contribution in [0.15, 0.2) is 18.2 Å². The first-order chi connectivity index (χ1) is 9.60. The van der Waals surface area contributed by atoms with Gasteiger partial charge in [-0.05, 0) is 30.0 Å². The fourth-order valence-corrected chi connectivity index (χ4v) is 1.68. The van der Waals surface area contributed by atoms with Crippen molar-refractivity contribution in [3.63, 3.8) is 0 Å². The van der Waals surface area contributed by atoms with E-state index >= 15 is 0 Å². The number of nitrogens with one attached hydrogen (secondary N) is 2. The van der Waals surface area contributed by atoms with E-state index in [1.807, 2.05) is 20.8 Å². The molecule has 0 aliphatic rings. The first-order valence-electron chi connectivity index (χ1n) is 6.78. The molecule has 0 saturated carbocycles. The summed E-state index contributed by atoms with van der Waals surface area (Å²) < 4.78 is 38.8. The molecule has 6 heteroatoms.